The number of H-pyrrole nitrogens is 1. The van der Waals surface area contributed by atoms with Gasteiger partial charge in [-0.25, -0.2) is 9.50 Å². The molecule has 0 fully saturated rings. The zero-order chi connectivity index (χ0) is 19.6. The first kappa shape index (κ1) is 19.5. The molecule has 2 N–H and O–H groups in total. The number of nitrogens with zero attached hydrogens (tertiary/aromatic N) is 6. The lowest BCUT2D eigenvalue weighted by Gasteiger charge is -2.11. The molecule has 3 rings (SSSR count). The number of nitrogens with one attached hydrogen (secondary N) is 2. The molecule has 9 nitrogen and oxygen atoms in total. The first-order valence-electron chi connectivity index (χ1n) is 8.62. The van der Waals surface area contributed by atoms with Crippen LogP contribution < -0.4 is 5.32 Å². The predicted molar refractivity (Wildman–Crippen MR) is 106 cm³/mol. The first-order valence-corrected chi connectivity index (χ1v) is 10.3. The second kappa shape index (κ2) is 8.17. The molecule has 0 aromatic carbocycles. The number of aryl methyl sites for hydroxylation is 2. The minimum atomic E-state index is -0.0651. The zero-order valence-corrected chi connectivity index (χ0v) is 17.4. The summed E-state index contributed by atoms with van der Waals surface area (Å²) in [4.78, 5) is 21.3. The lowest BCUT2D eigenvalue weighted by Crippen LogP contribution is -2.29. The number of hydrogen-bond donors (Lipinski definition) is 2. The molecule has 1 amide bonds. The molecule has 0 unspecified atom stereocenters. The van der Waals surface area contributed by atoms with E-state index in [-0.39, 0.29) is 12.3 Å². The number of fused-ring (bicyclic) bond motifs is 1. The molecule has 0 saturated heterocycles. The van der Waals surface area contributed by atoms with Crippen LogP contribution in [0.2, 0.25) is 0 Å². The summed E-state index contributed by atoms with van der Waals surface area (Å²) in [6.07, 6.45) is 2.78. The molecule has 11 heteroatoms. The van der Waals surface area contributed by atoms with Gasteiger partial charge in [0.1, 0.15) is 5.82 Å². The summed E-state index contributed by atoms with van der Waals surface area (Å²) in [6, 6.07) is 0. The van der Waals surface area contributed by atoms with Gasteiger partial charge in [0.05, 0.1) is 6.42 Å². The Morgan fingerprint density at radius 2 is 2.11 bits per heavy atom. The fourth-order valence-electron chi connectivity index (χ4n) is 2.94. The van der Waals surface area contributed by atoms with Crippen LogP contribution in [0, 0.1) is 18.6 Å². The van der Waals surface area contributed by atoms with Crippen LogP contribution in [0.5, 0.6) is 0 Å². The smallest absolute Gasteiger partial charge is 0.253 e. The SMILES string of the molecule is CCn1c(CCNC(=O)Cc2c(C)nc3nc(SC)nn3c2C)n[nH]c1=S. The molecule has 3 aromatic rings. The van der Waals surface area contributed by atoms with E-state index in [0.717, 1.165) is 29.3 Å². The summed E-state index contributed by atoms with van der Waals surface area (Å²) in [6.45, 7) is 7.07. The molecular formula is C16H22N8OS2. The van der Waals surface area contributed by atoms with E-state index < -0.39 is 0 Å². The summed E-state index contributed by atoms with van der Waals surface area (Å²) in [5.74, 6) is 1.33. The van der Waals surface area contributed by atoms with E-state index in [1.165, 1.54) is 11.8 Å². The number of hydrogen-bond acceptors (Lipinski definition) is 7. The maximum absolute atomic E-state index is 12.4. The number of amides is 1. The Hall–Kier alpha value is -2.27. The third kappa shape index (κ3) is 4.03. The Morgan fingerprint density at radius 1 is 1.33 bits per heavy atom. The van der Waals surface area contributed by atoms with Crippen molar-refractivity contribution in [1.29, 1.82) is 0 Å². The largest absolute Gasteiger partial charge is 0.355 e. The average molecular weight is 407 g/mol. The van der Waals surface area contributed by atoms with E-state index in [9.17, 15) is 4.79 Å². The second-order valence-corrected chi connectivity index (χ2v) is 7.20. The lowest BCUT2D eigenvalue weighted by molar-refractivity contribution is -0.120. The van der Waals surface area contributed by atoms with Gasteiger partial charge in [-0.2, -0.15) is 10.1 Å². The van der Waals surface area contributed by atoms with Crippen molar-refractivity contribution in [2.75, 3.05) is 12.8 Å². The Bertz CT molecular complexity index is 1040. The molecule has 3 aromatic heterocycles. The monoisotopic (exact) mass is 406 g/mol. The van der Waals surface area contributed by atoms with Crippen molar-refractivity contribution >= 4 is 35.7 Å². The van der Waals surface area contributed by atoms with Gasteiger partial charge < -0.3 is 9.88 Å². The Kier molecular flexibility index (Phi) is 5.90. The van der Waals surface area contributed by atoms with Crippen molar-refractivity contribution < 1.29 is 4.79 Å². The number of aromatic amines is 1. The van der Waals surface area contributed by atoms with E-state index in [0.29, 0.717) is 28.7 Å². The quantitative estimate of drug-likeness (QED) is 0.454. The van der Waals surface area contributed by atoms with Crippen molar-refractivity contribution in [2.45, 2.75) is 45.3 Å². The van der Waals surface area contributed by atoms with Crippen molar-refractivity contribution in [3.8, 4) is 0 Å². The molecule has 0 aliphatic heterocycles. The third-order valence-electron chi connectivity index (χ3n) is 4.37. The molecule has 0 bridgehead atoms. The molecule has 144 valence electrons. The first-order chi connectivity index (χ1) is 12.9. The van der Waals surface area contributed by atoms with Crippen molar-refractivity contribution in [3.63, 3.8) is 0 Å². The van der Waals surface area contributed by atoms with Crippen LogP contribution in [0.4, 0.5) is 0 Å². The van der Waals surface area contributed by atoms with Crippen LogP contribution in [0.25, 0.3) is 5.78 Å². The van der Waals surface area contributed by atoms with Gasteiger partial charge in [0.25, 0.3) is 5.78 Å². The lowest BCUT2D eigenvalue weighted by atomic mass is 10.1. The summed E-state index contributed by atoms with van der Waals surface area (Å²) in [7, 11) is 0. The van der Waals surface area contributed by atoms with Crippen molar-refractivity contribution in [1.82, 2.24) is 39.7 Å². The fourth-order valence-corrected chi connectivity index (χ4v) is 3.55. The average Bonchev–Trinajstić information content (AvgIpc) is 3.21. The highest BCUT2D eigenvalue weighted by atomic mass is 32.2. The molecule has 0 saturated carbocycles. The topological polar surface area (TPSA) is 106 Å². The fraction of sp³-hybridized carbons (Fsp3) is 0.500. The van der Waals surface area contributed by atoms with E-state index in [1.807, 2.05) is 31.6 Å². The Morgan fingerprint density at radius 3 is 2.81 bits per heavy atom. The molecule has 0 spiro atoms. The number of aromatic nitrogens is 7. The van der Waals surface area contributed by atoms with Crippen LogP contribution >= 0.6 is 24.0 Å². The molecule has 0 radical (unpaired) electrons. The summed E-state index contributed by atoms with van der Waals surface area (Å²) >= 11 is 6.64. The predicted octanol–water partition coefficient (Wildman–Crippen LogP) is 1.64. The summed E-state index contributed by atoms with van der Waals surface area (Å²) in [5.41, 5.74) is 2.54. The number of thioether (sulfide) groups is 1. The molecule has 0 aliphatic rings. The zero-order valence-electron chi connectivity index (χ0n) is 15.7. The number of carbonyl (C=O) groups excluding carboxylic acids is 1. The highest BCUT2D eigenvalue weighted by Gasteiger charge is 2.16. The van der Waals surface area contributed by atoms with Crippen LogP contribution in [0.1, 0.15) is 29.7 Å². The Labute approximate surface area is 166 Å². The minimum Gasteiger partial charge on any atom is -0.355 e. The van der Waals surface area contributed by atoms with E-state index in [2.05, 4.69) is 30.6 Å². The number of carbonyl (C=O) groups is 1. The maximum Gasteiger partial charge on any atom is 0.253 e. The van der Waals surface area contributed by atoms with Crippen LogP contribution in [0.15, 0.2) is 5.16 Å². The number of rotatable bonds is 7. The van der Waals surface area contributed by atoms with Crippen LogP contribution in [-0.4, -0.2) is 53.1 Å². The molecular weight excluding hydrogens is 384 g/mol. The van der Waals surface area contributed by atoms with Crippen molar-refractivity contribution in [3.05, 3.63) is 27.5 Å². The second-order valence-electron chi connectivity index (χ2n) is 6.04. The molecule has 27 heavy (non-hydrogen) atoms. The summed E-state index contributed by atoms with van der Waals surface area (Å²) in [5, 5.41) is 15.0. The molecule has 3 heterocycles. The Balaban J connectivity index is 1.67. The van der Waals surface area contributed by atoms with Gasteiger partial charge in [-0.05, 0) is 39.2 Å². The third-order valence-corrected chi connectivity index (χ3v) is 5.22. The highest BCUT2D eigenvalue weighted by Crippen LogP contribution is 2.17. The maximum atomic E-state index is 12.4. The van der Waals surface area contributed by atoms with Gasteiger partial charge in [0.2, 0.25) is 11.1 Å². The van der Waals surface area contributed by atoms with Gasteiger partial charge >= 0.3 is 0 Å². The van der Waals surface area contributed by atoms with Gasteiger partial charge in [0, 0.05) is 36.5 Å². The highest BCUT2D eigenvalue weighted by molar-refractivity contribution is 7.98. The molecule has 0 aliphatic carbocycles. The van der Waals surface area contributed by atoms with Crippen molar-refractivity contribution in [2.24, 2.45) is 0 Å². The van der Waals surface area contributed by atoms with Gasteiger partial charge in [-0.3, -0.25) is 9.89 Å². The van der Waals surface area contributed by atoms with E-state index in [4.69, 9.17) is 12.2 Å². The minimum absolute atomic E-state index is 0.0651. The van der Waals surface area contributed by atoms with Gasteiger partial charge in [0.15, 0.2) is 4.77 Å². The van der Waals surface area contributed by atoms with Gasteiger partial charge in [-0.1, -0.05) is 11.8 Å². The van der Waals surface area contributed by atoms with Crippen LogP contribution in [0.3, 0.4) is 0 Å². The normalized spacial score (nSPS) is 11.3. The van der Waals surface area contributed by atoms with E-state index in [1.54, 1.807) is 4.52 Å². The van der Waals surface area contributed by atoms with E-state index >= 15 is 0 Å². The standard InChI is InChI=1S/C16H22N8OS2/c1-5-23-12(20-21-16(23)26)6-7-17-13(25)8-11-9(2)18-14-19-15(27-4)22-24(14)10(11)3/h5-8H2,1-4H3,(H,17,25)(H,21,26). The molecule has 0 atom stereocenters. The van der Waals surface area contributed by atoms with Crippen LogP contribution in [-0.2, 0) is 24.2 Å². The summed E-state index contributed by atoms with van der Waals surface area (Å²) < 4.78 is 4.21. The van der Waals surface area contributed by atoms with Gasteiger partial charge in [-0.15, -0.1) is 5.10 Å².